The zero-order chi connectivity index (χ0) is 13.7. The highest BCUT2D eigenvalue weighted by atomic mass is 79.9. The molecule has 0 spiro atoms. The fourth-order valence-electron chi connectivity index (χ4n) is 1.99. The van der Waals surface area contributed by atoms with E-state index in [0.717, 1.165) is 23.3 Å². The Balaban J connectivity index is 2.13. The van der Waals surface area contributed by atoms with Crippen LogP contribution in [0.4, 0.5) is 5.69 Å². The molecule has 4 heteroatoms. The highest BCUT2D eigenvalue weighted by molar-refractivity contribution is 9.10. The maximum absolute atomic E-state index is 4.35. The second-order valence-electron chi connectivity index (χ2n) is 4.49. The summed E-state index contributed by atoms with van der Waals surface area (Å²) in [6, 6.07) is 12.4. The van der Waals surface area contributed by atoms with Crippen molar-refractivity contribution in [2.75, 3.05) is 19.0 Å². The maximum atomic E-state index is 4.35. The third kappa shape index (κ3) is 3.78. The SMILES string of the molecule is CNCc1ccc(N(C)Cc2ccccn2)c(Br)c1. The topological polar surface area (TPSA) is 28.2 Å². The Kier molecular flexibility index (Phi) is 4.93. The number of anilines is 1. The lowest BCUT2D eigenvalue weighted by atomic mass is 10.2. The lowest BCUT2D eigenvalue weighted by Gasteiger charge is -2.21. The van der Waals surface area contributed by atoms with Gasteiger partial charge < -0.3 is 10.2 Å². The van der Waals surface area contributed by atoms with Crippen LogP contribution in [0.1, 0.15) is 11.3 Å². The monoisotopic (exact) mass is 319 g/mol. The molecule has 100 valence electrons. The van der Waals surface area contributed by atoms with Gasteiger partial charge in [0, 0.05) is 24.3 Å². The molecule has 1 aromatic carbocycles. The Morgan fingerprint density at radius 2 is 2.11 bits per heavy atom. The number of rotatable bonds is 5. The van der Waals surface area contributed by atoms with Gasteiger partial charge in [0.05, 0.1) is 17.9 Å². The number of nitrogens with zero attached hydrogens (tertiary/aromatic N) is 2. The smallest absolute Gasteiger partial charge is 0.0599 e. The minimum absolute atomic E-state index is 0.796. The van der Waals surface area contributed by atoms with E-state index in [1.54, 1.807) is 0 Å². The molecule has 0 aliphatic carbocycles. The minimum atomic E-state index is 0.796. The molecule has 0 aliphatic heterocycles. The van der Waals surface area contributed by atoms with Gasteiger partial charge >= 0.3 is 0 Å². The summed E-state index contributed by atoms with van der Waals surface area (Å²) in [5.74, 6) is 0. The normalized spacial score (nSPS) is 10.5. The first-order valence-electron chi connectivity index (χ1n) is 6.25. The van der Waals surface area contributed by atoms with E-state index in [1.807, 2.05) is 31.4 Å². The van der Waals surface area contributed by atoms with Gasteiger partial charge in [0.25, 0.3) is 0 Å². The van der Waals surface area contributed by atoms with E-state index in [-0.39, 0.29) is 0 Å². The van der Waals surface area contributed by atoms with Crippen molar-refractivity contribution in [2.24, 2.45) is 0 Å². The second-order valence-corrected chi connectivity index (χ2v) is 5.35. The number of halogens is 1. The lowest BCUT2D eigenvalue weighted by Crippen LogP contribution is -2.17. The van der Waals surface area contributed by atoms with Crippen LogP contribution in [-0.4, -0.2) is 19.1 Å². The van der Waals surface area contributed by atoms with Crippen LogP contribution in [0.5, 0.6) is 0 Å². The summed E-state index contributed by atoms with van der Waals surface area (Å²) >= 11 is 3.64. The summed E-state index contributed by atoms with van der Waals surface area (Å²) in [7, 11) is 4.03. The molecule has 0 fully saturated rings. The fourth-order valence-corrected chi connectivity index (χ4v) is 2.72. The van der Waals surface area contributed by atoms with E-state index >= 15 is 0 Å². The van der Waals surface area contributed by atoms with Gasteiger partial charge in [-0.1, -0.05) is 12.1 Å². The van der Waals surface area contributed by atoms with E-state index in [2.05, 4.69) is 56.4 Å². The van der Waals surface area contributed by atoms with Crippen molar-refractivity contribution in [2.45, 2.75) is 13.1 Å². The number of hydrogen-bond acceptors (Lipinski definition) is 3. The molecule has 0 atom stereocenters. The number of pyridine rings is 1. The molecule has 0 amide bonds. The minimum Gasteiger partial charge on any atom is -0.368 e. The first-order valence-corrected chi connectivity index (χ1v) is 7.04. The summed E-state index contributed by atoms with van der Waals surface area (Å²) in [6.45, 7) is 1.67. The molecule has 1 heterocycles. The van der Waals surface area contributed by atoms with Gasteiger partial charge in [0.2, 0.25) is 0 Å². The zero-order valence-corrected chi connectivity index (χ0v) is 12.8. The Morgan fingerprint density at radius 3 is 2.74 bits per heavy atom. The molecule has 0 aliphatic rings. The molecule has 0 saturated heterocycles. The summed E-state index contributed by atoms with van der Waals surface area (Å²) in [6.07, 6.45) is 1.83. The molecular weight excluding hydrogens is 302 g/mol. The summed E-state index contributed by atoms with van der Waals surface area (Å²) < 4.78 is 1.11. The van der Waals surface area contributed by atoms with E-state index in [4.69, 9.17) is 0 Å². The van der Waals surface area contributed by atoms with E-state index in [1.165, 1.54) is 11.3 Å². The highest BCUT2D eigenvalue weighted by Gasteiger charge is 2.07. The van der Waals surface area contributed by atoms with Gasteiger partial charge in [-0.25, -0.2) is 0 Å². The van der Waals surface area contributed by atoms with Gasteiger partial charge in [-0.3, -0.25) is 4.98 Å². The predicted molar refractivity (Wildman–Crippen MR) is 83.2 cm³/mol. The van der Waals surface area contributed by atoms with Crippen molar-refractivity contribution < 1.29 is 0 Å². The molecule has 1 N–H and O–H groups in total. The first-order chi connectivity index (χ1) is 9.20. The van der Waals surface area contributed by atoms with Crippen LogP contribution in [-0.2, 0) is 13.1 Å². The van der Waals surface area contributed by atoms with Gasteiger partial charge in [-0.2, -0.15) is 0 Å². The van der Waals surface area contributed by atoms with Gasteiger partial charge in [-0.05, 0) is 52.8 Å². The number of hydrogen-bond donors (Lipinski definition) is 1. The van der Waals surface area contributed by atoms with Crippen LogP contribution in [0.15, 0.2) is 47.1 Å². The third-order valence-corrected chi connectivity index (χ3v) is 3.56. The largest absolute Gasteiger partial charge is 0.368 e. The van der Waals surface area contributed by atoms with Gasteiger partial charge in [0.1, 0.15) is 0 Å². The van der Waals surface area contributed by atoms with Crippen molar-refractivity contribution in [1.82, 2.24) is 10.3 Å². The molecule has 2 rings (SSSR count). The molecular formula is C15H18BrN3. The number of benzene rings is 1. The number of nitrogens with one attached hydrogen (secondary N) is 1. The molecule has 0 saturated carbocycles. The van der Waals surface area contributed by atoms with E-state index in [9.17, 15) is 0 Å². The second kappa shape index (κ2) is 6.68. The average Bonchev–Trinajstić information content (AvgIpc) is 2.40. The van der Waals surface area contributed by atoms with Crippen molar-refractivity contribution >= 4 is 21.6 Å². The van der Waals surface area contributed by atoms with Crippen molar-refractivity contribution in [1.29, 1.82) is 0 Å². The maximum Gasteiger partial charge on any atom is 0.0599 e. The van der Waals surface area contributed by atoms with Crippen molar-refractivity contribution in [3.8, 4) is 0 Å². The molecule has 2 aromatic rings. The molecule has 1 aromatic heterocycles. The third-order valence-electron chi connectivity index (χ3n) is 2.93. The standard InChI is InChI=1S/C15H18BrN3/c1-17-10-12-6-7-15(14(16)9-12)19(2)11-13-5-3-4-8-18-13/h3-9,17H,10-11H2,1-2H3. The van der Waals surface area contributed by atoms with Crippen LogP contribution >= 0.6 is 15.9 Å². The van der Waals surface area contributed by atoms with Crippen LogP contribution in [0.3, 0.4) is 0 Å². The Labute approximate surface area is 122 Å². The summed E-state index contributed by atoms with van der Waals surface area (Å²) in [4.78, 5) is 6.54. The van der Waals surface area contributed by atoms with E-state index < -0.39 is 0 Å². The summed E-state index contributed by atoms with van der Waals surface area (Å²) in [5.41, 5.74) is 3.51. The first kappa shape index (κ1) is 14.0. The van der Waals surface area contributed by atoms with E-state index in [0.29, 0.717) is 0 Å². The van der Waals surface area contributed by atoms with Gasteiger partial charge in [0.15, 0.2) is 0 Å². The van der Waals surface area contributed by atoms with Crippen LogP contribution in [0.2, 0.25) is 0 Å². The zero-order valence-electron chi connectivity index (χ0n) is 11.2. The fraction of sp³-hybridized carbons (Fsp3) is 0.267. The molecule has 19 heavy (non-hydrogen) atoms. The quantitative estimate of drug-likeness (QED) is 0.917. The van der Waals surface area contributed by atoms with Gasteiger partial charge in [-0.15, -0.1) is 0 Å². The molecule has 0 bridgehead atoms. The van der Waals surface area contributed by atoms with Crippen LogP contribution < -0.4 is 10.2 Å². The Hall–Kier alpha value is -1.39. The summed E-state index contributed by atoms with van der Waals surface area (Å²) in [5, 5.41) is 3.16. The molecule has 0 unspecified atom stereocenters. The Morgan fingerprint density at radius 1 is 1.26 bits per heavy atom. The molecule has 3 nitrogen and oxygen atoms in total. The van der Waals surface area contributed by atoms with Crippen LogP contribution in [0, 0.1) is 0 Å². The average molecular weight is 320 g/mol. The number of aromatic nitrogens is 1. The lowest BCUT2D eigenvalue weighted by molar-refractivity contribution is 0.816. The highest BCUT2D eigenvalue weighted by Crippen LogP contribution is 2.27. The predicted octanol–water partition coefficient (Wildman–Crippen LogP) is 3.20. The Bertz CT molecular complexity index is 528. The van der Waals surface area contributed by atoms with Crippen molar-refractivity contribution in [3.05, 3.63) is 58.3 Å². The van der Waals surface area contributed by atoms with Crippen molar-refractivity contribution in [3.63, 3.8) is 0 Å². The van der Waals surface area contributed by atoms with Crippen LogP contribution in [0.25, 0.3) is 0 Å². The molecule has 0 radical (unpaired) electrons.